The van der Waals surface area contributed by atoms with Gasteiger partial charge in [-0.15, -0.1) is 11.3 Å². The molecule has 1 aliphatic heterocycles. The van der Waals surface area contributed by atoms with E-state index in [9.17, 15) is 13.2 Å². The minimum atomic E-state index is -3.43. The van der Waals surface area contributed by atoms with Crippen LogP contribution < -0.4 is 4.72 Å². The van der Waals surface area contributed by atoms with Gasteiger partial charge in [-0.25, -0.2) is 13.1 Å². The Kier molecular flexibility index (Phi) is 3.60. The maximum absolute atomic E-state index is 12.1. The number of hydrogen-bond acceptors (Lipinski definition) is 4. The summed E-state index contributed by atoms with van der Waals surface area (Å²) in [5.41, 5.74) is 0. The molecule has 3 rings (SSSR count). The van der Waals surface area contributed by atoms with Crippen molar-refractivity contribution in [3.05, 3.63) is 17.0 Å². The number of thiophene rings is 1. The molecule has 5 nitrogen and oxygen atoms in total. The number of hydrogen-bond donors (Lipinski definition) is 1. The van der Waals surface area contributed by atoms with Crippen molar-refractivity contribution < 1.29 is 13.2 Å². The van der Waals surface area contributed by atoms with Crippen LogP contribution in [0.15, 0.2) is 16.3 Å². The highest BCUT2D eigenvalue weighted by atomic mass is 32.2. The fraction of sp³-hybridized carbons (Fsp3) is 0.615. The van der Waals surface area contributed by atoms with Gasteiger partial charge in [0.15, 0.2) is 0 Å². The molecule has 0 radical (unpaired) electrons. The molecule has 20 heavy (non-hydrogen) atoms. The monoisotopic (exact) mass is 314 g/mol. The van der Waals surface area contributed by atoms with E-state index >= 15 is 0 Å². The molecule has 2 aliphatic rings. The molecule has 2 fully saturated rings. The van der Waals surface area contributed by atoms with Crippen LogP contribution >= 0.6 is 11.3 Å². The molecule has 1 N–H and O–H groups in total. The lowest BCUT2D eigenvalue weighted by Gasteiger charge is -2.15. The van der Waals surface area contributed by atoms with Crippen LogP contribution in [0.2, 0.25) is 0 Å². The third kappa shape index (κ3) is 2.89. The van der Waals surface area contributed by atoms with E-state index in [1.54, 1.807) is 12.1 Å². The summed E-state index contributed by atoms with van der Waals surface area (Å²) in [6.07, 6.45) is 2.65. The summed E-state index contributed by atoms with van der Waals surface area (Å²) in [6, 6.07) is 3.84. The average Bonchev–Trinajstić information content (AvgIpc) is 3.02. The van der Waals surface area contributed by atoms with Crippen LogP contribution in [0, 0.1) is 12.8 Å². The molecule has 0 aromatic carbocycles. The third-order valence-electron chi connectivity index (χ3n) is 3.77. The molecular formula is C13H18N2O3S2. The van der Waals surface area contributed by atoms with Crippen molar-refractivity contribution in [1.82, 2.24) is 9.62 Å². The molecule has 1 unspecified atom stereocenters. The number of amides is 1. The topological polar surface area (TPSA) is 66.5 Å². The second kappa shape index (κ2) is 5.13. The highest BCUT2D eigenvalue weighted by Gasteiger charge is 2.39. The summed E-state index contributed by atoms with van der Waals surface area (Å²) >= 11 is 1.27. The number of nitrogens with zero attached hydrogens (tertiary/aromatic N) is 1. The Morgan fingerprint density at radius 2 is 2.15 bits per heavy atom. The Morgan fingerprint density at radius 3 is 2.75 bits per heavy atom. The predicted octanol–water partition coefficient (Wildman–Crippen LogP) is 1.35. The lowest BCUT2D eigenvalue weighted by atomic mass is 10.1. The summed E-state index contributed by atoms with van der Waals surface area (Å²) in [7, 11) is -3.43. The van der Waals surface area contributed by atoms with E-state index in [2.05, 4.69) is 4.72 Å². The Hall–Kier alpha value is -0.920. The van der Waals surface area contributed by atoms with Crippen LogP contribution in [0.3, 0.4) is 0 Å². The van der Waals surface area contributed by atoms with E-state index in [0.29, 0.717) is 29.8 Å². The third-order valence-corrected chi connectivity index (χ3v) is 6.68. The number of aryl methyl sites for hydroxylation is 1. The van der Waals surface area contributed by atoms with Crippen molar-refractivity contribution in [2.75, 3.05) is 13.1 Å². The van der Waals surface area contributed by atoms with Gasteiger partial charge in [0.2, 0.25) is 15.9 Å². The second-order valence-corrected chi connectivity index (χ2v) is 8.85. The molecule has 1 saturated carbocycles. The van der Waals surface area contributed by atoms with E-state index < -0.39 is 10.0 Å². The first-order chi connectivity index (χ1) is 9.45. The fourth-order valence-corrected chi connectivity index (χ4v) is 4.98. The first kappa shape index (κ1) is 14.0. The van der Waals surface area contributed by atoms with Gasteiger partial charge in [-0.05, 0) is 37.8 Å². The van der Waals surface area contributed by atoms with Crippen molar-refractivity contribution in [1.29, 1.82) is 0 Å². The molecule has 0 bridgehead atoms. The first-order valence-corrected chi connectivity index (χ1v) is 9.11. The van der Waals surface area contributed by atoms with Crippen molar-refractivity contribution >= 4 is 27.3 Å². The van der Waals surface area contributed by atoms with Crippen LogP contribution in [0.1, 0.15) is 24.1 Å². The molecule has 110 valence electrons. The molecule has 1 aromatic rings. The Balaban J connectivity index is 1.58. The zero-order chi connectivity index (χ0) is 14.3. The SMILES string of the molecule is Cc1ccc(S(=O)(=O)NCC2CC(=O)N(C3CC3)C2)s1. The summed E-state index contributed by atoms with van der Waals surface area (Å²) in [6.45, 7) is 2.91. The highest BCUT2D eigenvalue weighted by Crippen LogP contribution is 2.32. The normalized spacial score (nSPS) is 23.6. The molecule has 0 spiro atoms. The van der Waals surface area contributed by atoms with Crippen molar-refractivity contribution in [3.63, 3.8) is 0 Å². The number of carbonyl (C=O) groups excluding carboxylic acids is 1. The largest absolute Gasteiger partial charge is 0.339 e. The van der Waals surface area contributed by atoms with Gasteiger partial charge in [-0.2, -0.15) is 0 Å². The smallest absolute Gasteiger partial charge is 0.250 e. The molecule has 2 heterocycles. The van der Waals surface area contributed by atoms with Gasteiger partial charge in [-0.1, -0.05) is 0 Å². The van der Waals surface area contributed by atoms with Gasteiger partial charge in [0.05, 0.1) is 0 Å². The van der Waals surface area contributed by atoms with E-state index in [1.165, 1.54) is 11.3 Å². The van der Waals surface area contributed by atoms with E-state index in [4.69, 9.17) is 0 Å². The molecule has 1 atom stereocenters. The lowest BCUT2D eigenvalue weighted by molar-refractivity contribution is -0.128. The molecule has 1 aromatic heterocycles. The van der Waals surface area contributed by atoms with Crippen molar-refractivity contribution in [3.8, 4) is 0 Å². The summed E-state index contributed by atoms with van der Waals surface area (Å²) < 4.78 is 27.2. The van der Waals surface area contributed by atoms with Gasteiger partial charge in [0.1, 0.15) is 4.21 Å². The minimum Gasteiger partial charge on any atom is -0.339 e. The highest BCUT2D eigenvalue weighted by molar-refractivity contribution is 7.91. The Morgan fingerprint density at radius 1 is 1.40 bits per heavy atom. The number of likely N-dealkylation sites (tertiary alicyclic amines) is 1. The van der Waals surface area contributed by atoms with Gasteiger partial charge < -0.3 is 4.90 Å². The Labute approximate surface area is 123 Å². The molecule has 1 amide bonds. The quantitative estimate of drug-likeness (QED) is 0.892. The van der Waals surface area contributed by atoms with Gasteiger partial charge >= 0.3 is 0 Å². The number of nitrogens with one attached hydrogen (secondary N) is 1. The summed E-state index contributed by atoms with van der Waals surface area (Å²) in [5, 5.41) is 0. The van der Waals surface area contributed by atoms with Crippen LogP contribution in [0.5, 0.6) is 0 Å². The fourth-order valence-electron chi connectivity index (χ4n) is 2.54. The van der Waals surface area contributed by atoms with E-state index in [0.717, 1.165) is 17.7 Å². The van der Waals surface area contributed by atoms with Crippen LogP contribution in [-0.4, -0.2) is 38.4 Å². The van der Waals surface area contributed by atoms with Crippen molar-refractivity contribution in [2.24, 2.45) is 5.92 Å². The zero-order valence-electron chi connectivity index (χ0n) is 11.3. The molecular weight excluding hydrogens is 296 g/mol. The van der Waals surface area contributed by atoms with E-state index in [-0.39, 0.29) is 11.8 Å². The lowest BCUT2D eigenvalue weighted by Crippen LogP contribution is -2.31. The maximum Gasteiger partial charge on any atom is 0.250 e. The van der Waals surface area contributed by atoms with E-state index in [1.807, 2.05) is 11.8 Å². The number of sulfonamides is 1. The summed E-state index contributed by atoms with van der Waals surface area (Å²) in [5.74, 6) is 0.266. The zero-order valence-corrected chi connectivity index (χ0v) is 13.0. The number of rotatable bonds is 5. The molecule has 1 aliphatic carbocycles. The molecule has 1 saturated heterocycles. The van der Waals surface area contributed by atoms with Gasteiger partial charge in [-0.3, -0.25) is 4.79 Å². The first-order valence-electron chi connectivity index (χ1n) is 6.81. The van der Waals surface area contributed by atoms with Crippen LogP contribution in [-0.2, 0) is 14.8 Å². The van der Waals surface area contributed by atoms with Gasteiger partial charge in [0.25, 0.3) is 0 Å². The maximum atomic E-state index is 12.1. The predicted molar refractivity (Wildman–Crippen MR) is 77.1 cm³/mol. The molecule has 7 heteroatoms. The average molecular weight is 314 g/mol. The minimum absolute atomic E-state index is 0.0962. The standard InChI is InChI=1S/C13H18N2O3S2/c1-9-2-5-13(19-9)20(17,18)14-7-10-6-12(16)15(8-10)11-3-4-11/h2,5,10-11,14H,3-4,6-8H2,1H3. The van der Waals surface area contributed by atoms with Crippen LogP contribution in [0.4, 0.5) is 0 Å². The van der Waals surface area contributed by atoms with Crippen molar-refractivity contribution in [2.45, 2.75) is 36.4 Å². The summed E-state index contributed by atoms with van der Waals surface area (Å²) in [4.78, 5) is 14.7. The Bertz CT molecular complexity index is 619. The second-order valence-electron chi connectivity index (χ2n) is 5.56. The van der Waals surface area contributed by atoms with Crippen LogP contribution in [0.25, 0.3) is 0 Å². The van der Waals surface area contributed by atoms with Gasteiger partial charge in [0, 0.05) is 30.4 Å². The number of carbonyl (C=O) groups is 1.